The Morgan fingerprint density at radius 2 is 2.11 bits per heavy atom. The predicted molar refractivity (Wildman–Crippen MR) is 69.8 cm³/mol. The number of nitrogens with one attached hydrogen (secondary N) is 3. The van der Waals surface area contributed by atoms with Crippen LogP contribution in [0.15, 0.2) is 29.1 Å². The second-order valence-electron chi connectivity index (χ2n) is 3.58. The Balaban J connectivity index is 2.60. The van der Waals surface area contributed by atoms with Gasteiger partial charge in [-0.25, -0.2) is 0 Å². The van der Waals surface area contributed by atoms with E-state index in [1.165, 1.54) is 6.92 Å². The number of H-pyrrole nitrogens is 2. The molecule has 2 rings (SSSR count). The van der Waals surface area contributed by atoms with E-state index in [1.807, 2.05) is 0 Å². The Morgan fingerprint density at radius 1 is 1.39 bits per heavy atom. The zero-order valence-electron chi connectivity index (χ0n) is 9.48. The van der Waals surface area contributed by atoms with E-state index in [2.05, 4.69) is 20.5 Å². The first kappa shape index (κ1) is 12.2. The van der Waals surface area contributed by atoms with Crippen molar-refractivity contribution in [3.63, 3.8) is 0 Å². The molecule has 18 heavy (non-hydrogen) atoms. The van der Waals surface area contributed by atoms with E-state index in [4.69, 9.17) is 12.2 Å². The van der Waals surface area contributed by atoms with E-state index in [1.54, 1.807) is 24.3 Å². The van der Waals surface area contributed by atoms with Crippen molar-refractivity contribution in [3.05, 3.63) is 39.4 Å². The highest BCUT2D eigenvalue weighted by Crippen LogP contribution is 2.23. The third kappa shape index (κ3) is 2.51. The lowest BCUT2D eigenvalue weighted by molar-refractivity contribution is -0.114. The third-order valence-electron chi connectivity index (χ3n) is 2.20. The van der Waals surface area contributed by atoms with Crippen LogP contribution in [0.3, 0.4) is 0 Å². The molecule has 92 valence electrons. The van der Waals surface area contributed by atoms with Crippen LogP contribution in [0.4, 0.5) is 5.69 Å². The molecular formula is C11H10N4O2S. The van der Waals surface area contributed by atoms with Gasteiger partial charge in [0.25, 0.3) is 5.56 Å². The number of para-hydroxylation sites is 1. The first-order valence-corrected chi connectivity index (χ1v) is 5.55. The SMILES string of the molecule is CC(=O)Nc1ccccc1-c1n[nH]c(=S)[nH]c1=O. The molecule has 1 aromatic heterocycles. The molecule has 3 N–H and O–H groups in total. The number of hydrogen-bond donors (Lipinski definition) is 3. The van der Waals surface area contributed by atoms with Gasteiger partial charge in [0.15, 0.2) is 10.5 Å². The van der Waals surface area contributed by atoms with Gasteiger partial charge in [0.05, 0.1) is 5.69 Å². The van der Waals surface area contributed by atoms with E-state index in [0.29, 0.717) is 11.3 Å². The summed E-state index contributed by atoms with van der Waals surface area (Å²) in [7, 11) is 0. The molecule has 0 aliphatic carbocycles. The van der Waals surface area contributed by atoms with Gasteiger partial charge in [-0.05, 0) is 18.3 Å². The van der Waals surface area contributed by atoms with E-state index < -0.39 is 5.56 Å². The molecule has 0 fully saturated rings. The molecule has 1 aromatic carbocycles. The number of carbonyl (C=O) groups is 1. The van der Waals surface area contributed by atoms with Crippen LogP contribution in [-0.4, -0.2) is 21.1 Å². The van der Waals surface area contributed by atoms with Gasteiger partial charge < -0.3 is 5.32 Å². The molecular weight excluding hydrogens is 252 g/mol. The topological polar surface area (TPSA) is 90.6 Å². The Kier molecular flexibility index (Phi) is 3.33. The minimum Gasteiger partial charge on any atom is -0.326 e. The van der Waals surface area contributed by atoms with Crippen LogP contribution in [-0.2, 0) is 4.79 Å². The van der Waals surface area contributed by atoms with Crippen molar-refractivity contribution in [1.29, 1.82) is 0 Å². The van der Waals surface area contributed by atoms with Gasteiger partial charge >= 0.3 is 0 Å². The highest BCUT2D eigenvalue weighted by atomic mass is 32.1. The molecule has 2 aromatic rings. The number of rotatable bonds is 2. The second kappa shape index (κ2) is 4.92. The lowest BCUT2D eigenvalue weighted by Gasteiger charge is -2.07. The van der Waals surface area contributed by atoms with Gasteiger partial charge in [-0.1, -0.05) is 18.2 Å². The van der Waals surface area contributed by atoms with Crippen molar-refractivity contribution in [2.24, 2.45) is 0 Å². The molecule has 0 unspecified atom stereocenters. The normalized spacial score (nSPS) is 10.1. The summed E-state index contributed by atoms with van der Waals surface area (Å²) < 4.78 is 0.153. The lowest BCUT2D eigenvalue weighted by atomic mass is 10.1. The summed E-state index contributed by atoms with van der Waals surface area (Å²) in [5.41, 5.74) is 0.818. The summed E-state index contributed by atoms with van der Waals surface area (Å²) in [5.74, 6) is -0.220. The molecule has 1 heterocycles. The highest BCUT2D eigenvalue weighted by Gasteiger charge is 2.10. The summed E-state index contributed by atoms with van der Waals surface area (Å²) >= 11 is 4.77. The highest BCUT2D eigenvalue weighted by molar-refractivity contribution is 7.71. The Labute approximate surface area is 107 Å². The van der Waals surface area contributed by atoms with Gasteiger partial charge in [0, 0.05) is 12.5 Å². The van der Waals surface area contributed by atoms with Gasteiger partial charge in [-0.15, -0.1) is 0 Å². The van der Waals surface area contributed by atoms with Crippen molar-refractivity contribution in [1.82, 2.24) is 15.2 Å². The fourth-order valence-corrected chi connectivity index (χ4v) is 1.66. The number of amides is 1. The number of anilines is 1. The zero-order chi connectivity index (χ0) is 13.1. The monoisotopic (exact) mass is 262 g/mol. The summed E-state index contributed by atoms with van der Waals surface area (Å²) in [6, 6.07) is 6.90. The van der Waals surface area contributed by atoms with Crippen LogP contribution in [0, 0.1) is 4.77 Å². The molecule has 0 aliphatic rings. The van der Waals surface area contributed by atoms with Crippen molar-refractivity contribution < 1.29 is 4.79 Å². The molecule has 0 aliphatic heterocycles. The maximum Gasteiger partial charge on any atom is 0.278 e. The molecule has 0 saturated heterocycles. The van der Waals surface area contributed by atoms with E-state index in [-0.39, 0.29) is 16.4 Å². The summed E-state index contributed by atoms with van der Waals surface area (Å²) in [6.45, 7) is 1.40. The zero-order valence-corrected chi connectivity index (χ0v) is 10.3. The second-order valence-corrected chi connectivity index (χ2v) is 3.99. The van der Waals surface area contributed by atoms with Crippen molar-refractivity contribution >= 4 is 23.8 Å². The minimum absolute atomic E-state index is 0.153. The summed E-state index contributed by atoms with van der Waals surface area (Å²) in [4.78, 5) is 25.3. The van der Waals surface area contributed by atoms with Gasteiger partial charge in [-0.2, -0.15) is 5.10 Å². The van der Waals surface area contributed by atoms with Gasteiger partial charge in [0.1, 0.15) is 0 Å². The van der Waals surface area contributed by atoms with Gasteiger partial charge in [0.2, 0.25) is 5.91 Å². The lowest BCUT2D eigenvalue weighted by Crippen LogP contribution is -2.15. The smallest absolute Gasteiger partial charge is 0.278 e. The van der Waals surface area contributed by atoms with E-state index in [9.17, 15) is 9.59 Å². The molecule has 0 radical (unpaired) electrons. The maximum atomic E-state index is 11.8. The van der Waals surface area contributed by atoms with E-state index >= 15 is 0 Å². The first-order valence-electron chi connectivity index (χ1n) is 5.14. The average Bonchev–Trinajstić information content (AvgIpc) is 2.30. The molecule has 0 saturated carbocycles. The fourth-order valence-electron chi connectivity index (χ4n) is 1.52. The number of aromatic amines is 2. The van der Waals surface area contributed by atoms with Gasteiger partial charge in [-0.3, -0.25) is 19.7 Å². The largest absolute Gasteiger partial charge is 0.326 e. The quantitative estimate of drug-likeness (QED) is 0.714. The molecule has 6 nitrogen and oxygen atoms in total. The van der Waals surface area contributed by atoms with Crippen molar-refractivity contribution in [3.8, 4) is 11.3 Å². The summed E-state index contributed by atoms with van der Waals surface area (Å²) in [5, 5.41) is 9.05. The Hall–Kier alpha value is -2.28. The average molecular weight is 262 g/mol. The number of hydrogen-bond acceptors (Lipinski definition) is 4. The van der Waals surface area contributed by atoms with Crippen LogP contribution >= 0.6 is 12.2 Å². The number of carbonyl (C=O) groups excluding carboxylic acids is 1. The predicted octanol–water partition coefficient (Wildman–Crippen LogP) is 1.45. The molecule has 1 amide bonds. The standard InChI is InChI=1S/C11H10N4O2S/c1-6(16)12-8-5-3-2-4-7(8)9-10(17)13-11(18)15-14-9/h2-5H,1H3,(H,12,16)(H2,13,15,17,18). The first-order chi connectivity index (χ1) is 8.58. The minimum atomic E-state index is -0.406. The molecule has 0 spiro atoms. The van der Waals surface area contributed by atoms with Crippen molar-refractivity contribution in [2.45, 2.75) is 6.92 Å². The summed E-state index contributed by atoms with van der Waals surface area (Å²) in [6.07, 6.45) is 0. The Morgan fingerprint density at radius 3 is 2.78 bits per heavy atom. The van der Waals surface area contributed by atoms with E-state index in [0.717, 1.165) is 0 Å². The maximum absolute atomic E-state index is 11.8. The Bertz CT molecular complexity index is 704. The number of benzene rings is 1. The molecule has 0 atom stereocenters. The fraction of sp³-hybridized carbons (Fsp3) is 0.0909. The number of aromatic nitrogens is 3. The number of nitrogens with zero attached hydrogens (tertiary/aromatic N) is 1. The van der Waals surface area contributed by atoms with Crippen LogP contribution in [0.25, 0.3) is 11.3 Å². The molecule has 0 bridgehead atoms. The van der Waals surface area contributed by atoms with Crippen molar-refractivity contribution in [2.75, 3.05) is 5.32 Å². The van der Waals surface area contributed by atoms with Crippen LogP contribution in [0.1, 0.15) is 6.92 Å². The van der Waals surface area contributed by atoms with Crippen LogP contribution in [0.2, 0.25) is 0 Å². The third-order valence-corrected chi connectivity index (χ3v) is 2.40. The van der Waals surface area contributed by atoms with Crippen LogP contribution in [0.5, 0.6) is 0 Å². The molecule has 7 heteroatoms. The van der Waals surface area contributed by atoms with Crippen LogP contribution < -0.4 is 10.9 Å².